The summed E-state index contributed by atoms with van der Waals surface area (Å²) in [6.07, 6.45) is 2.31. The molecule has 0 saturated carbocycles. The average Bonchev–Trinajstić information content (AvgIpc) is 3.70. The smallest absolute Gasteiger partial charge is 0.0613 e. The molecule has 0 aliphatic rings. The molecule has 10 aromatic carbocycles. The molecule has 0 bridgehead atoms. The Morgan fingerprint density at radius 1 is 0.281 bits per heavy atom. The van der Waals surface area contributed by atoms with Crippen LogP contribution in [0.4, 0.5) is 17.1 Å². The summed E-state index contributed by atoms with van der Waals surface area (Å²) in [7, 11) is 0. The van der Waals surface area contributed by atoms with Gasteiger partial charge in [0.05, 0.1) is 11.0 Å². The number of fused-ring (bicyclic) bond motifs is 5. The standard InChI is InChI=1S/C62H42N2/c1-3-13-43(14-4-1)44-25-27-45(28-26-44)46-29-35-53(36-30-46)64(54-37-31-48(32-38-54)57-22-11-20-47-15-9-10-21-56(47)57)55-39-33-49(34-40-55)58-23-12-24-59-61(50-16-5-2-6-17-50)60-41-51-18-7-8-19-52(51)42-63(60)62(58)59/h1-42H. The number of para-hydroxylation sites is 1. The van der Waals surface area contributed by atoms with Crippen molar-refractivity contribution >= 4 is 55.0 Å². The van der Waals surface area contributed by atoms with E-state index in [1.807, 2.05) is 0 Å². The van der Waals surface area contributed by atoms with E-state index in [1.54, 1.807) is 0 Å². The van der Waals surface area contributed by atoms with Gasteiger partial charge in [-0.05, 0) is 109 Å². The van der Waals surface area contributed by atoms with Gasteiger partial charge in [-0.3, -0.25) is 0 Å². The van der Waals surface area contributed by atoms with Crippen molar-refractivity contribution in [2.75, 3.05) is 4.90 Å². The highest BCUT2D eigenvalue weighted by atomic mass is 15.1. The molecular formula is C62H42N2. The Balaban J connectivity index is 0.955. The molecule has 2 aromatic heterocycles. The molecule has 64 heavy (non-hydrogen) atoms. The molecule has 12 aromatic rings. The van der Waals surface area contributed by atoms with E-state index in [-0.39, 0.29) is 0 Å². The first-order valence-electron chi connectivity index (χ1n) is 22.0. The second kappa shape index (κ2) is 15.8. The number of anilines is 3. The molecule has 0 fully saturated rings. The molecule has 0 atom stereocenters. The van der Waals surface area contributed by atoms with Crippen LogP contribution in [0.1, 0.15) is 0 Å². The van der Waals surface area contributed by atoms with Crippen molar-refractivity contribution in [3.05, 3.63) is 255 Å². The minimum Gasteiger partial charge on any atom is -0.315 e. The van der Waals surface area contributed by atoms with Crippen LogP contribution in [-0.4, -0.2) is 4.40 Å². The van der Waals surface area contributed by atoms with E-state index in [1.165, 1.54) is 93.6 Å². The number of benzene rings is 10. The highest BCUT2D eigenvalue weighted by Crippen LogP contribution is 2.43. The van der Waals surface area contributed by atoms with Crippen molar-refractivity contribution in [1.29, 1.82) is 0 Å². The van der Waals surface area contributed by atoms with Gasteiger partial charge in [0.25, 0.3) is 0 Å². The van der Waals surface area contributed by atoms with Crippen LogP contribution in [0, 0.1) is 0 Å². The molecule has 0 spiro atoms. The van der Waals surface area contributed by atoms with Gasteiger partial charge in [0, 0.05) is 39.8 Å². The molecule has 0 saturated heterocycles. The third-order valence-electron chi connectivity index (χ3n) is 12.8. The largest absolute Gasteiger partial charge is 0.315 e. The van der Waals surface area contributed by atoms with Gasteiger partial charge in [-0.1, -0.05) is 206 Å². The summed E-state index contributed by atoms with van der Waals surface area (Å²) in [5.41, 5.74) is 17.8. The summed E-state index contributed by atoms with van der Waals surface area (Å²) in [6.45, 7) is 0. The lowest BCUT2D eigenvalue weighted by Crippen LogP contribution is -2.09. The second-order valence-corrected chi connectivity index (χ2v) is 16.5. The maximum atomic E-state index is 2.41. The first-order valence-corrected chi connectivity index (χ1v) is 22.0. The number of aromatic nitrogens is 1. The minimum absolute atomic E-state index is 1.09. The van der Waals surface area contributed by atoms with Crippen LogP contribution >= 0.6 is 0 Å². The second-order valence-electron chi connectivity index (χ2n) is 16.5. The van der Waals surface area contributed by atoms with Gasteiger partial charge in [-0.25, -0.2) is 0 Å². The monoisotopic (exact) mass is 814 g/mol. The minimum atomic E-state index is 1.09. The molecule has 300 valence electrons. The fraction of sp³-hybridized carbons (Fsp3) is 0. The SMILES string of the molecule is c1ccc(-c2ccc(-c3ccc(N(c4ccc(-c5cccc6ccccc56)cc4)c4ccc(-c5cccc6c(-c7ccccc7)c7cc8ccccc8cn7c56)cc4)cc3)cc2)cc1. The van der Waals surface area contributed by atoms with Crippen molar-refractivity contribution in [2.24, 2.45) is 0 Å². The zero-order chi connectivity index (χ0) is 42.4. The van der Waals surface area contributed by atoms with Crippen molar-refractivity contribution in [3.8, 4) is 55.6 Å². The molecule has 12 rings (SSSR count). The summed E-state index contributed by atoms with van der Waals surface area (Å²) in [4.78, 5) is 2.37. The van der Waals surface area contributed by atoms with E-state index >= 15 is 0 Å². The maximum Gasteiger partial charge on any atom is 0.0613 e. The fourth-order valence-corrected chi connectivity index (χ4v) is 9.64. The van der Waals surface area contributed by atoms with E-state index in [4.69, 9.17) is 0 Å². The summed E-state index contributed by atoms with van der Waals surface area (Å²) >= 11 is 0. The summed E-state index contributed by atoms with van der Waals surface area (Å²) < 4.78 is 2.41. The predicted octanol–water partition coefficient (Wildman–Crippen LogP) is 17.2. The topological polar surface area (TPSA) is 7.65 Å². The molecule has 2 nitrogen and oxygen atoms in total. The van der Waals surface area contributed by atoms with Gasteiger partial charge in [-0.15, -0.1) is 0 Å². The van der Waals surface area contributed by atoms with Crippen molar-refractivity contribution in [1.82, 2.24) is 4.40 Å². The highest BCUT2D eigenvalue weighted by molar-refractivity contribution is 6.12. The summed E-state index contributed by atoms with van der Waals surface area (Å²) in [5, 5.41) is 6.20. The third-order valence-corrected chi connectivity index (χ3v) is 12.8. The first kappa shape index (κ1) is 37.3. The maximum absolute atomic E-state index is 2.41. The fourth-order valence-electron chi connectivity index (χ4n) is 9.64. The normalized spacial score (nSPS) is 11.4. The Bertz CT molecular complexity index is 3600. The number of rotatable bonds is 8. The van der Waals surface area contributed by atoms with E-state index < -0.39 is 0 Å². The van der Waals surface area contributed by atoms with Crippen LogP contribution in [0.2, 0.25) is 0 Å². The molecule has 0 aliphatic heterocycles. The van der Waals surface area contributed by atoms with E-state index in [0.717, 1.165) is 17.1 Å². The molecule has 0 amide bonds. The molecule has 0 unspecified atom stereocenters. The Morgan fingerprint density at radius 2 is 0.703 bits per heavy atom. The Morgan fingerprint density at radius 3 is 1.33 bits per heavy atom. The predicted molar refractivity (Wildman–Crippen MR) is 272 cm³/mol. The zero-order valence-corrected chi connectivity index (χ0v) is 35.1. The van der Waals surface area contributed by atoms with Gasteiger partial charge in [0.2, 0.25) is 0 Å². The lowest BCUT2D eigenvalue weighted by atomic mass is 9.97. The molecular weight excluding hydrogens is 773 g/mol. The molecule has 2 heteroatoms. The number of pyridine rings is 1. The average molecular weight is 815 g/mol. The lowest BCUT2D eigenvalue weighted by Gasteiger charge is -2.26. The Kier molecular flexibility index (Phi) is 9.20. The van der Waals surface area contributed by atoms with Crippen molar-refractivity contribution in [3.63, 3.8) is 0 Å². The van der Waals surface area contributed by atoms with E-state index in [9.17, 15) is 0 Å². The van der Waals surface area contributed by atoms with Gasteiger partial charge in [0.1, 0.15) is 0 Å². The number of hydrogen-bond acceptors (Lipinski definition) is 1. The van der Waals surface area contributed by atoms with Crippen LogP contribution in [0.25, 0.3) is 93.6 Å². The van der Waals surface area contributed by atoms with Gasteiger partial charge in [0.15, 0.2) is 0 Å². The van der Waals surface area contributed by atoms with Crippen molar-refractivity contribution in [2.45, 2.75) is 0 Å². The van der Waals surface area contributed by atoms with Crippen LogP contribution in [0.3, 0.4) is 0 Å². The van der Waals surface area contributed by atoms with Crippen LogP contribution < -0.4 is 4.90 Å². The summed E-state index contributed by atoms with van der Waals surface area (Å²) in [6, 6.07) is 90.3. The van der Waals surface area contributed by atoms with E-state index in [0.29, 0.717) is 0 Å². The number of hydrogen-bond donors (Lipinski definition) is 0. The first-order chi connectivity index (χ1) is 31.7. The highest BCUT2D eigenvalue weighted by Gasteiger charge is 2.19. The Labute approximate surface area is 373 Å². The van der Waals surface area contributed by atoms with Gasteiger partial charge < -0.3 is 9.30 Å². The molecule has 2 heterocycles. The van der Waals surface area contributed by atoms with Gasteiger partial charge >= 0.3 is 0 Å². The van der Waals surface area contributed by atoms with E-state index in [2.05, 4.69) is 264 Å². The van der Waals surface area contributed by atoms with Crippen LogP contribution in [-0.2, 0) is 0 Å². The quantitative estimate of drug-likeness (QED) is 0.148. The third kappa shape index (κ3) is 6.61. The molecule has 0 aliphatic carbocycles. The lowest BCUT2D eigenvalue weighted by molar-refractivity contribution is 1.27. The van der Waals surface area contributed by atoms with Crippen molar-refractivity contribution < 1.29 is 0 Å². The molecule has 0 N–H and O–H groups in total. The van der Waals surface area contributed by atoms with Gasteiger partial charge in [-0.2, -0.15) is 0 Å². The van der Waals surface area contributed by atoms with Crippen LogP contribution in [0.5, 0.6) is 0 Å². The summed E-state index contributed by atoms with van der Waals surface area (Å²) in [5.74, 6) is 0. The zero-order valence-electron chi connectivity index (χ0n) is 35.1. The number of nitrogens with zero attached hydrogens (tertiary/aromatic N) is 2. The molecule has 0 radical (unpaired) electrons. The van der Waals surface area contributed by atoms with Crippen LogP contribution in [0.15, 0.2) is 255 Å². The Hall–Kier alpha value is -8.46.